The predicted molar refractivity (Wildman–Crippen MR) is 85.9 cm³/mol. The Balaban J connectivity index is 2.32. The Labute approximate surface area is 134 Å². The lowest BCUT2D eigenvalue weighted by Gasteiger charge is -2.08. The molecule has 0 aliphatic heterocycles. The number of halogens is 1. The van der Waals surface area contributed by atoms with Crippen molar-refractivity contribution < 1.29 is 22.3 Å². The van der Waals surface area contributed by atoms with Gasteiger partial charge in [-0.15, -0.1) is 0 Å². The standard InChI is InChI=1S/C17H15FO4S/c1-22-16-11-13(8-10-17(16)23(2,20)21)15(19)9-7-12-5-3-4-6-14(12)18/h3-11H,1-2H3/b9-7+. The first-order valence-electron chi connectivity index (χ1n) is 6.68. The zero-order valence-corrected chi connectivity index (χ0v) is 13.4. The highest BCUT2D eigenvalue weighted by atomic mass is 32.2. The van der Waals surface area contributed by atoms with Gasteiger partial charge in [-0.1, -0.05) is 18.2 Å². The fourth-order valence-electron chi connectivity index (χ4n) is 2.00. The van der Waals surface area contributed by atoms with Crippen LogP contribution < -0.4 is 4.74 Å². The molecule has 0 aliphatic rings. The maximum atomic E-state index is 13.5. The van der Waals surface area contributed by atoms with E-state index in [-0.39, 0.29) is 22.0 Å². The zero-order chi connectivity index (χ0) is 17.0. The molecule has 0 spiro atoms. The number of methoxy groups -OCH3 is 1. The van der Waals surface area contributed by atoms with Gasteiger partial charge in [-0.25, -0.2) is 12.8 Å². The van der Waals surface area contributed by atoms with E-state index in [1.807, 2.05) is 0 Å². The number of carbonyl (C=O) groups excluding carboxylic acids is 1. The summed E-state index contributed by atoms with van der Waals surface area (Å²) in [7, 11) is -2.13. The Hall–Kier alpha value is -2.47. The highest BCUT2D eigenvalue weighted by Gasteiger charge is 2.16. The van der Waals surface area contributed by atoms with Crippen LogP contribution in [-0.2, 0) is 9.84 Å². The monoisotopic (exact) mass is 334 g/mol. The summed E-state index contributed by atoms with van der Waals surface area (Å²) < 4.78 is 41.8. The average Bonchev–Trinajstić information content (AvgIpc) is 2.52. The molecule has 0 saturated carbocycles. The molecule has 0 aliphatic carbocycles. The fraction of sp³-hybridized carbons (Fsp3) is 0.118. The van der Waals surface area contributed by atoms with E-state index in [0.717, 1.165) is 6.26 Å². The first-order valence-corrected chi connectivity index (χ1v) is 8.57. The van der Waals surface area contributed by atoms with Crippen LogP contribution in [-0.4, -0.2) is 27.6 Å². The van der Waals surface area contributed by atoms with Crippen molar-refractivity contribution in [3.8, 4) is 5.75 Å². The lowest BCUT2D eigenvalue weighted by Crippen LogP contribution is -2.03. The third-order valence-corrected chi connectivity index (χ3v) is 4.30. The van der Waals surface area contributed by atoms with E-state index in [9.17, 15) is 17.6 Å². The third-order valence-electron chi connectivity index (χ3n) is 3.17. The van der Waals surface area contributed by atoms with Gasteiger partial charge in [-0.3, -0.25) is 4.79 Å². The second-order valence-corrected chi connectivity index (χ2v) is 6.84. The third kappa shape index (κ3) is 4.04. The normalized spacial score (nSPS) is 11.6. The Morgan fingerprint density at radius 2 is 1.87 bits per heavy atom. The molecular weight excluding hydrogens is 319 g/mol. The van der Waals surface area contributed by atoms with E-state index in [1.165, 1.54) is 43.5 Å². The van der Waals surface area contributed by atoms with Gasteiger partial charge < -0.3 is 4.74 Å². The number of sulfone groups is 1. The molecule has 2 aromatic rings. The lowest BCUT2D eigenvalue weighted by atomic mass is 10.1. The van der Waals surface area contributed by atoms with Gasteiger partial charge in [0.1, 0.15) is 16.5 Å². The number of benzene rings is 2. The van der Waals surface area contributed by atoms with Crippen LogP contribution in [0.15, 0.2) is 53.4 Å². The molecule has 120 valence electrons. The summed E-state index contributed by atoms with van der Waals surface area (Å²) >= 11 is 0. The van der Waals surface area contributed by atoms with E-state index >= 15 is 0 Å². The van der Waals surface area contributed by atoms with Gasteiger partial charge in [0, 0.05) is 17.4 Å². The highest BCUT2D eigenvalue weighted by Crippen LogP contribution is 2.25. The van der Waals surface area contributed by atoms with Crippen molar-refractivity contribution in [3.05, 3.63) is 65.5 Å². The van der Waals surface area contributed by atoms with E-state index in [2.05, 4.69) is 0 Å². The van der Waals surface area contributed by atoms with Crippen LogP contribution >= 0.6 is 0 Å². The lowest BCUT2D eigenvalue weighted by molar-refractivity contribution is 0.104. The van der Waals surface area contributed by atoms with Crippen molar-refractivity contribution in [2.24, 2.45) is 0 Å². The van der Waals surface area contributed by atoms with Crippen LogP contribution in [0.1, 0.15) is 15.9 Å². The summed E-state index contributed by atoms with van der Waals surface area (Å²) in [6, 6.07) is 10.1. The average molecular weight is 334 g/mol. The minimum absolute atomic E-state index is 0.00892. The van der Waals surface area contributed by atoms with Gasteiger partial charge in [-0.05, 0) is 36.4 Å². The summed E-state index contributed by atoms with van der Waals surface area (Å²) in [6.07, 6.45) is 3.66. The van der Waals surface area contributed by atoms with Crippen LogP contribution in [0, 0.1) is 5.82 Å². The van der Waals surface area contributed by atoms with Crippen molar-refractivity contribution in [1.82, 2.24) is 0 Å². The first-order chi connectivity index (χ1) is 10.8. The summed E-state index contributed by atoms with van der Waals surface area (Å²) in [5.41, 5.74) is 0.544. The van der Waals surface area contributed by atoms with Crippen LogP contribution in [0.4, 0.5) is 4.39 Å². The molecule has 0 heterocycles. The minimum Gasteiger partial charge on any atom is -0.495 e. The molecule has 0 amide bonds. The summed E-state index contributed by atoms with van der Waals surface area (Å²) in [6.45, 7) is 0. The smallest absolute Gasteiger partial charge is 0.185 e. The molecule has 0 fully saturated rings. The largest absolute Gasteiger partial charge is 0.495 e. The van der Waals surface area contributed by atoms with Gasteiger partial charge in [0.25, 0.3) is 0 Å². The van der Waals surface area contributed by atoms with Gasteiger partial charge >= 0.3 is 0 Å². The molecule has 6 heteroatoms. The van der Waals surface area contributed by atoms with E-state index < -0.39 is 15.7 Å². The molecule has 0 aromatic heterocycles. The molecule has 4 nitrogen and oxygen atoms in total. The molecule has 0 unspecified atom stereocenters. The molecule has 2 aromatic carbocycles. The van der Waals surface area contributed by atoms with Gasteiger partial charge in [0.05, 0.1) is 7.11 Å². The van der Waals surface area contributed by atoms with Gasteiger partial charge in [-0.2, -0.15) is 0 Å². The number of hydrogen-bond donors (Lipinski definition) is 0. The molecule has 2 rings (SSSR count). The molecule has 0 atom stereocenters. The quantitative estimate of drug-likeness (QED) is 0.622. The SMILES string of the molecule is COc1cc(C(=O)/C=C/c2ccccc2F)ccc1S(C)(=O)=O. The van der Waals surface area contributed by atoms with E-state index in [1.54, 1.807) is 18.2 Å². The highest BCUT2D eigenvalue weighted by molar-refractivity contribution is 7.90. The second kappa shape index (κ2) is 6.75. The van der Waals surface area contributed by atoms with Crippen molar-refractivity contribution in [3.63, 3.8) is 0 Å². The van der Waals surface area contributed by atoms with Gasteiger partial charge in [0.2, 0.25) is 0 Å². The molecule has 0 bridgehead atoms. The molecule has 0 N–H and O–H groups in total. The Morgan fingerprint density at radius 1 is 1.17 bits per heavy atom. The Kier molecular flexibility index (Phi) is 4.95. The van der Waals surface area contributed by atoms with Crippen LogP contribution in [0.2, 0.25) is 0 Å². The topological polar surface area (TPSA) is 60.4 Å². The number of ketones is 1. The Bertz CT molecular complexity index is 870. The maximum Gasteiger partial charge on any atom is 0.185 e. The number of allylic oxidation sites excluding steroid dienone is 1. The maximum absolute atomic E-state index is 13.5. The Morgan fingerprint density at radius 3 is 2.48 bits per heavy atom. The van der Waals surface area contributed by atoms with E-state index in [0.29, 0.717) is 5.56 Å². The molecule has 0 saturated heterocycles. The summed E-state index contributed by atoms with van der Waals surface area (Å²) in [5, 5.41) is 0. The van der Waals surface area contributed by atoms with Crippen LogP contribution in [0.3, 0.4) is 0 Å². The van der Waals surface area contributed by atoms with Gasteiger partial charge in [0.15, 0.2) is 15.6 Å². The second-order valence-electron chi connectivity index (χ2n) is 4.86. The summed E-state index contributed by atoms with van der Waals surface area (Å²) in [4.78, 5) is 12.2. The predicted octanol–water partition coefficient (Wildman–Crippen LogP) is 3.13. The molecule has 23 heavy (non-hydrogen) atoms. The van der Waals surface area contributed by atoms with Crippen molar-refractivity contribution in [2.75, 3.05) is 13.4 Å². The van der Waals surface area contributed by atoms with Crippen molar-refractivity contribution >= 4 is 21.7 Å². The minimum atomic E-state index is -3.45. The van der Waals surface area contributed by atoms with Crippen LogP contribution in [0.5, 0.6) is 5.75 Å². The fourth-order valence-corrected chi connectivity index (χ4v) is 2.82. The number of ether oxygens (including phenoxy) is 1. The molecule has 0 radical (unpaired) electrons. The molecular formula is C17H15FO4S. The first kappa shape index (κ1) is 16.9. The number of rotatable bonds is 5. The number of hydrogen-bond acceptors (Lipinski definition) is 4. The zero-order valence-electron chi connectivity index (χ0n) is 12.6. The van der Waals surface area contributed by atoms with Crippen molar-refractivity contribution in [1.29, 1.82) is 0 Å². The summed E-state index contributed by atoms with van der Waals surface area (Å²) in [5.74, 6) is -0.717. The van der Waals surface area contributed by atoms with Crippen LogP contribution in [0.25, 0.3) is 6.08 Å². The van der Waals surface area contributed by atoms with Crippen molar-refractivity contribution in [2.45, 2.75) is 4.90 Å². The van der Waals surface area contributed by atoms with E-state index in [4.69, 9.17) is 4.74 Å². The number of carbonyl (C=O) groups is 1.